The summed E-state index contributed by atoms with van der Waals surface area (Å²) in [6.45, 7) is 0.305. The average Bonchev–Trinajstić information content (AvgIpc) is 2.66. The van der Waals surface area contributed by atoms with Crippen LogP contribution in [0.4, 0.5) is 18.9 Å². The lowest BCUT2D eigenvalue weighted by Gasteiger charge is -2.10. The van der Waals surface area contributed by atoms with Crippen LogP contribution in [0, 0.1) is 10.1 Å². The second-order valence-corrected chi connectivity index (χ2v) is 5.79. The second kappa shape index (κ2) is 7.49. The maximum Gasteiger partial charge on any atom is 0.416 e. The van der Waals surface area contributed by atoms with Gasteiger partial charge in [-0.1, -0.05) is 42.5 Å². The van der Waals surface area contributed by atoms with Gasteiger partial charge in [-0.25, -0.2) is 0 Å². The third-order valence-corrected chi connectivity index (χ3v) is 3.94. The van der Waals surface area contributed by atoms with Crippen molar-refractivity contribution >= 4 is 5.69 Å². The zero-order valence-electron chi connectivity index (χ0n) is 13.9. The summed E-state index contributed by atoms with van der Waals surface area (Å²) in [5, 5.41) is 11.2. The smallest absolute Gasteiger partial charge is 0.416 e. The fourth-order valence-electron chi connectivity index (χ4n) is 2.57. The van der Waals surface area contributed by atoms with Crippen LogP contribution >= 0.6 is 0 Å². The predicted molar refractivity (Wildman–Crippen MR) is 94.3 cm³/mol. The molecule has 0 aliphatic carbocycles. The molecule has 4 nitrogen and oxygen atoms in total. The first kappa shape index (κ1) is 18.4. The van der Waals surface area contributed by atoms with Gasteiger partial charge in [0, 0.05) is 6.07 Å². The summed E-state index contributed by atoms with van der Waals surface area (Å²) in [7, 11) is 0. The molecular weight excluding hydrogens is 359 g/mol. The number of nitrogens with zero attached hydrogens (tertiary/aromatic N) is 1. The monoisotopic (exact) mass is 373 g/mol. The lowest BCUT2D eigenvalue weighted by atomic mass is 10.0. The lowest BCUT2D eigenvalue weighted by molar-refractivity contribution is -0.384. The van der Waals surface area contributed by atoms with Gasteiger partial charge >= 0.3 is 6.18 Å². The first-order valence-corrected chi connectivity index (χ1v) is 7.97. The molecule has 0 fully saturated rings. The van der Waals surface area contributed by atoms with Crippen molar-refractivity contribution in [1.29, 1.82) is 0 Å². The van der Waals surface area contributed by atoms with Crippen LogP contribution in [0.5, 0.6) is 5.75 Å². The predicted octanol–water partition coefficient (Wildman–Crippen LogP) is 5.86. The van der Waals surface area contributed by atoms with Crippen LogP contribution < -0.4 is 4.74 Å². The molecule has 3 aromatic rings. The van der Waals surface area contributed by atoms with Gasteiger partial charge in [-0.05, 0) is 35.4 Å². The van der Waals surface area contributed by atoms with Crippen molar-refractivity contribution in [2.24, 2.45) is 0 Å². The number of nitro groups is 1. The number of halogens is 3. The summed E-state index contributed by atoms with van der Waals surface area (Å²) < 4.78 is 44.0. The van der Waals surface area contributed by atoms with Crippen molar-refractivity contribution in [1.82, 2.24) is 0 Å². The first-order valence-electron chi connectivity index (χ1n) is 7.97. The molecule has 0 atom stereocenters. The molecule has 0 N–H and O–H groups in total. The van der Waals surface area contributed by atoms with E-state index in [1.54, 1.807) is 24.3 Å². The maximum atomic E-state index is 12.8. The van der Waals surface area contributed by atoms with Gasteiger partial charge in [0.2, 0.25) is 0 Å². The van der Waals surface area contributed by atoms with Crippen molar-refractivity contribution in [3.63, 3.8) is 0 Å². The molecule has 0 saturated carbocycles. The van der Waals surface area contributed by atoms with Crippen LogP contribution in [0.2, 0.25) is 0 Å². The Kier molecular flexibility index (Phi) is 5.12. The van der Waals surface area contributed by atoms with Crippen LogP contribution in [0.1, 0.15) is 11.1 Å². The number of alkyl halides is 3. The fourth-order valence-corrected chi connectivity index (χ4v) is 2.57. The minimum absolute atomic E-state index is 0.128. The van der Waals surface area contributed by atoms with E-state index in [2.05, 4.69) is 0 Å². The summed E-state index contributed by atoms with van der Waals surface area (Å²) in [6, 6.07) is 18.4. The summed E-state index contributed by atoms with van der Waals surface area (Å²) >= 11 is 0. The number of hydrogen-bond donors (Lipinski definition) is 0. The molecule has 0 aliphatic rings. The number of nitro benzene ring substituents is 1. The summed E-state index contributed by atoms with van der Waals surface area (Å²) in [4.78, 5) is 10.4. The SMILES string of the molecule is O=[N+]([O-])c1cc(C(F)(F)F)ccc1-c1ccc(COc2ccccc2)cc1. The zero-order chi connectivity index (χ0) is 19.4. The minimum atomic E-state index is -4.64. The highest BCUT2D eigenvalue weighted by molar-refractivity contribution is 5.74. The van der Waals surface area contributed by atoms with Crippen molar-refractivity contribution in [3.05, 3.63) is 94.0 Å². The van der Waals surface area contributed by atoms with E-state index in [4.69, 9.17) is 4.74 Å². The Labute approximate surface area is 153 Å². The van der Waals surface area contributed by atoms with E-state index < -0.39 is 22.4 Å². The van der Waals surface area contributed by atoms with E-state index in [9.17, 15) is 23.3 Å². The standard InChI is InChI=1S/C20H14F3NO3/c21-20(22,23)16-10-11-18(19(12-16)24(25)26)15-8-6-14(7-9-15)13-27-17-4-2-1-3-5-17/h1-12H,13H2. The van der Waals surface area contributed by atoms with Crippen LogP contribution in [0.25, 0.3) is 11.1 Å². The number of para-hydroxylation sites is 1. The van der Waals surface area contributed by atoms with Gasteiger partial charge in [0.25, 0.3) is 5.69 Å². The molecule has 0 aliphatic heterocycles. The molecular formula is C20H14F3NO3. The molecule has 0 heterocycles. The molecule has 0 amide bonds. The Bertz CT molecular complexity index is 939. The van der Waals surface area contributed by atoms with Gasteiger partial charge in [-0.3, -0.25) is 10.1 Å². The Morgan fingerprint density at radius 2 is 1.59 bits per heavy atom. The Balaban J connectivity index is 1.83. The molecule has 0 unspecified atom stereocenters. The van der Waals surface area contributed by atoms with E-state index in [1.165, 1.54) is 0 Å². The third kappa shape index (κ3) is 4.44. The molecule has 7 heteroatoms. The second-order valence-electron chi connectivity index (χ2n) is 5.79. The van der Waals surface area contributed by atoms with Crippen LogP contribution in [0.15, 0.2) is 72.8 Å². The normalized spacial score (nSPS) is 11.2. The van der Waals surface area contributed by atoms with E-state index in [1.807, 2.05) is 30.3 Å². The van der Waals surface area contributed by atoms with Gasteiger partial charge in [0.1, 0.15) is 12.4 Å². The Morgan fingerprint density at radius 3 is 2.19 bits per heavy atom. The Hall–Kier alpha value is -3.35. The van der Waals surface area contributed by atoms with E-state index in [0.717, 1.165) is 17.7 Å². The lowest BCUT2D eigenvalue weighted by Crippen LogP contribution is -2.06. The molecule has 0 spiro atoms. The number of hydrogen-bond acceptors (Lipinski definition) is 3. The Morgan fingerprint density at radius 1 is 0.926 bits per heavy atom. The third-order valence-electron chi connectivity index (χ3n) is 3.94. The summed E-state index contributed by atoms with van der Waals surface area (Å²) in [6.07, 6.45) is -4.64. The van der Waals surface area contributed by atoms with Crippen molar-refractivity contribution in [2.75, 3.05) is 0 Å². The highest BCUT2D eigenvalue weighted by Crippen LogP contribution is 2.37. The zero-order valence-corrected chi connectivity index (χ0v) is 13.9. The summed E-state index contributed by atoms with van der Waals surface area (Å²) in [5.41, 5.74) is -0.219. The van der Waals surface area contributed by atoms with Crippen LogP contribution in [-0.4, -0.2) is 4.92 Å². The highest BCUT2D eigenvalue weighted by Gasteiger charge is 2.33. The van der Waals surface area contributed by atoms with Gasteiger partial charge in [0.05, 0.1) is 16.1 Å². The topological polar surface area (TPSA) is 52.4 Å². The van der Waals surface area contributed by atoms with E-state index in [-0.39, 0.29) is 5.56 Å². The quantitative estimate of drug-likeness (QED) is 0.416. The molecule has 3 aromatic carbocycles. The molecule has 0 radical (unpaired) electrons. The number of ether oxygens (including phenoxy) is 1. The molecule has 0 aromatic heterocycles. The van der Waals surface area contributed by atoms with E-state index >= 15 is 0 Å². The van der Waals surface area contributed by atoms with Crippen molar-refractivity contribution < 1.29 is 22.8 Å². The van der Waals surface area contributed by atoms with Gasteiger partial charge in [-0.15, -0.1) is 0 Å². The van der Waals surface area contributed by atoms with Gasteiger partial charge < -0.3 is 4.74 Å². The van der Waals surface area contributed by atoms with E-state index in [0.29, 0.717) is 24.0 Å². The summed E-state index contributed by atoms with van der Waals surface area (Å²) in [5.74, 6) is 0.708. The van der Waals surface area contributed by atoms with Crippen molar-refractivity contribution in [2.45, 2.75) is 12.8 Å². The largest absolute Gasteiger partial charge is 0.489 e. The maximum absolute atomic E-state index is 12.8. The first-order chi connectivity index (χ1) is 12.8. The van der Waals surface area contributed by atoms with Gasteiger partial charge in [-0.2, -0.15) is 13.2 Å². The average molecular weight is 373 g/mol. The molecule has 0 bridgehead atoms. The number of benzene rings is 3. The molecule has 0 saturated heterocycles. The van der Waals surface area contributed by atoms with Crippen LogP contribution in [0.3, 0.4) is 0 Å². The molecule has 138 valence electrons. The highest BCUT2D eigenvalue weighted by atomic mass is 19.4. The molecule has 27 heavy (non-hydrogen) atoms. The number of rotatable bonds is 5. The van der Waals surface area contributed by atoms with Gasteiger partial charge in [0.15, 0.2) is 0 Å². The molecule has 3 rings (SSSR count). The van der Waals surface area contributed by atoms with Crippen molar-refractivity contribution in [3.8, 4) is 16.9 Å². The van der Waals surface area contributed by atoms with Crippen LogP contribution in [-0.2, 0) is 12.8 Å². The minimum Gasteiger partial charge on any atom is -0.489 e. The fraction of sp³-hybridized carbons (Fsp3) is 0.100.